The number of urea groups is 3. The van der Waals surface area contributed by atoms with Gasteiger partial charge in [0.2, 0.25) is 0 Å². The van der Waals surface area contributed by atoms with E-state index in [1.165, 1.54) is 0 Å². The summed E-state index contributed by atoms with van der Waals surface area (Å²) in [5.41, 5.74) is 2.79. The van der Waals surface area contributed by atoms with Crippen molar-refractivity contribution in [2.75, 3.05) is 46.6 Å². The zero-order valence-electron chi connectivity index (χ0n) is 15.1. The Kier molecular flexibility index (Phi) is 4.71. The van der Waals surface area contributed by atoms with Gasteiger partial charge in [-0.25, -0.2) is 14.4 Å². The summed E-state index contributed by atoms with van der Waals surface area (Å²) in [5.74, 6) is 0. The first-order valence-electron chi connectivity index (χ1n) is 8.99. The van der Waals surface area contributed by atoms with E-state index in [0.29, 0.717) is 37.6 Å². The van der Waals surface area contributed by atoms with E-state index in [0.717, 1.165) is 11.4 Å². The number of carbonyl (C=O) groups is 3. The molecule has 0 unspecified atom stereocenters. The molecule has 144 valence electrons. The number of nitrogens with one attached hydrogen (secondary N) is 4. The lowest BCUT2D eigenvalue weighted by Crippen LogP contribution is -2.27. The molecule has 28 heavy (non-hydrogen) atoms. The zero-order valence-corrected chi connectivity index (χ0v) is 15.1. The molecule has 2 fully saturated rings. The molecule has 2 heterocycles. The highest BCUT2D eigenvalue weighted by Gasteiger charge is 2.21. The second-order valence-electron chi connectivity index (χ2n) is 6.44. The van der Waals surface area contributed by atoms with E-state index in [1.807, 2.05) is 0 Å². The van der Waals surface area contributed by atoms with Crippen molar-refractivity contribution in [3.05, 3.63) is 48.5 Å². The molecule has 4 rings (SSSR count). The van der Waals surface area contributed by atoms with Crippen molar-refractivity contribution >= 4 is 40.8 Å². The average Bonchev–Trinajstić information content (AvgIpc) is 3.31. The maximum atomic E-state index is 12.2. The topological polar surface area (TPSA) is 106 Å². The molecule has 0 radical (unpaired) electrons. The van der Waals surface area contributed by atoms with Gasteiger partial charge in [-0.1, -0.05) is 0 Å². The predicted octanol–water partition coefficient (Wildman–Crippen LogP) is 2.39. The molecular weight excluding hydrogens is 360 g/mol. The molecule has 2 aliphatic heterocycles. The molecule has 2 aliphatic rings. The molecule has 9 heteroatoms. The Balaban J connectivity index is 1.34. The van der Waals surface area contributed by atoms with Crippen LogP contribution in [0.4, 0.5) is 37.1 Å². The number of hydrogen-bond donors (Lipinski definition) is 4. The summed E-state index contributed by atoms with van der Waals surface area (Å²) in [6, 6.07) is 13.5. The van der Waals surface area contributed by atoms with Gasteiger partial charge in [-0.05, 0) is 48.5 Å². The van der Waals surface area contributed by atoms with Crippen molar-refractivity contribution in [2.24, 2.45) is 0 Å². The molecule has 9 nitrogen and oxygen atoms in total. The summed E-state index contributed by atoms with van der Waals surface area (Å²) in [4.78, 5) is 38.8. The highest BCUT2D eigenvalue weighted by molar-refractivity contribution is 6.00. The Morgan fingerprint density at radius 1 is 0.714 bits per heavy atom. The molecular formula is C19H20N6O3. The minimum atomic E-state index is -0.377. The molecule has 2 saturated heterocycles. The first-order chi connectivity index (χ1) is 13.6. The van der Waals surface area contributed by atoms with E-state index in [1.54, 1.807) is 58.3 Å². The molecule has 4 N–H and O–H groups in total. The largest absolute Gasteiger partial charge is 0.336 e. The summed E-state index contributed by atoms with van der Waals surface area (Å²) < 4.78 is 0. The third-order valence-corrected chi connectivity index (χ3v) is 4.59. The number of anilines is 4. The lowest BCUT2D eigenvalue weighted by molar-refractivity contribution is 0.251. The monoisotopic (exact) mass is 380 g/mol. The Bertz CT molecular complexity index is 823. The molecule has 0 spiro atoms. The van der Waals surface area contributed by atoms with Gasteiger partial charge in [-0.2, -0.15) is 0 Å². The van der Waals surface area contributed by atoms with Gasteiger partial charge in [0.1, 0.15) is 0 Å². The van der Waals surface area contributed by atoms with E-state index in [9.17, 15) is 14.4 Å². The van der Waals surface area contributed by atoms with Crippen molar-refractivity contribution in [1.82, 2.24) is 10.6 Å². The first-order valence-corrected chi connectivity index (χ1v) is 8.99. The molecule has 0 atom stereocenters. The van der Waals surface area contributed by atoms with Crippen LogP contribution in [-0.4, -0.2) is 44.3 Å². The zero-order chi connectivity index (χ0) is 19.5. The first kappa shape index (κ1) is 17.7. The fraction of sp³-hybridized carbons (Fsp3) is 0.211. The Labute approximate surface area is 161 Å². The number of rotatable bonds is 4. The van der Waals surface area contributed by atoms with Gasteiger partial charge in [0.15, 0.2) is 0 Å². The third kappa shape index (κ3) is 3.68. The molecule has 0 aliphatic carbocycles. The van der Waals surface area contributed by atoms with E-state index < -0.39 is 0 Å². The Hall–Kier alpha value is -3.75. The minimum absolute atomic E-state index is 0.117. The van der Waals surface area contributed by atoms with Gasteiger partial charge < -0.3 is 21.3 Å². The van der Waals surface area contributed by atoms with Gasteiger partial charge in [-0.15, -0.1) is 0 Å². The molecule has 0 aromatic heterocycles. The summed E-state index contributed by atoms with van der Waals surface area (Å²) in [6.07, 6.45) is 0. The van der Waals surface area contributed by atoms with E-state index in [4.69, 9.17) is 0 Å². The van der Waals surface area contributed by atoms with Crippen LogP contribution in [0.5, 0.6) is 0 Å². The van der Waals surface area contributed by atoms with Crippen LogP contribution in [0.1, 0.15) is 0 Å². The van der Waals surface area contributed by atoms with Crippen molar-refractivity contribution in [3.63, 3.8) is 0 Å². The van der Waals surface area contributed by atoms with Crippen LogP contribution in [0.15, 0.2) is 48.5 Å². The van der Waals surface area contributed by atoms with Gasteiger partial charge >= 0.3 is 18.1 Å². The van der Waals surface area contributed by atoms with Crippen LogP contribution in [0, 0.1) is 0 Å². The SMILES string of the molecule is O=C(Nc1ccc(N2CCNC2=O)cc1)Nc1ccc(N2CCNC2=O)cc1. The third-order valence-electron chi connectivity index (χ3n) is 4.59. The number of benzene rings is 2. The summed E-state index contributed by atoms with van der Waals surface area (Å²) >= 11 is 0. The summed E-state index contributed by atoms with van der Waals surface area (Å²) in [7, 11) is 0. The van der Waals surface area contributed by atoms with E-state index in [-0.39, 0.29) is 18.1 Å². The molecule has 0 saturated carbocycles. The number of hydrogen-bond acceptors (Lipinski definition) is 3. The van der Waals surface area contributed by atoms with E-state index in [2.05, 4.69) is 21.3 Å². The predicted molar refractivity (Wildman–Crippen MR) is 107 cm³/mol. The summed E-state index contributed by atoms with van der Waals surface area (Å²) in [6.45, 7) is 2.51. The van der Waals surface area contributed by atoms with Gasteiger partial charge in [0.05, 0.1) is 0 Å². The average molecular weight is 380 g/mol. The fourth-order valence-electron chi connectivity index (χ4n) is 3.18. The van der Waals surface area contributed by atoms with Gasteiger partial charge in [0, 0.05) is 48.9 Å². The lowest BCUT2D eigenvalue weighted by Gasteiger charge is -2.15. The Morgan fingerprint density at radius 2 is 1.11 bits per heavy atom. The second kappa shape index (κ2) is 7.47. The van der Waals surface area contributed by atoms with Crippen LogP contribution in [0.3, 0.4) is 0 Å². The van der Waals surface area contributed by atoms with E-state index >= 15 is 0 Å². The lowest BCUT2D eigenvalue weighted by atomic mass is 10.2. The molecule has 2 aromatic rings. The normalized spacial score (nSPS) is 16.0. The smallest absolute Gasteiger partial charge is 0.323 e. The van der Waals surface area contributed by atoms with Gasteiger partial charge in [-0.3, -0.25) is 9.80 Å². The Morgan fingerprint density at radius 3 is 1.43 bits per heavy atom. The van der Waals surface area contributed by atoms with Crippen molar-refractivity contribution in [1.29, 1.82) is 0 Å². The quantitative estimate of drug-likeness (QED) is 0.654. The van der Waals surface area contributed by atoms with Crippen LogP contribution in [0.25, 0.3) is 0 Å². The van der Waals surface area contributed by atoms with Crippen LogP contribution < -0.4 is 31.1 Å². The second-order valence-corrected chi connectivity index (χ2v) is 6.44. The number of carbonyl (C=O) groups excluding carboxylic acids is 3. The maximum Gasteiger partial charge on any atom is 0.323 e. The molecule has 2 aromatic carbocycles. The summed E-state index contributed by atoms with van der Waals surface area (Å²) in [5, 5.41) is 11.0. The van der Waals surface area contributed by atoms with Crippen LogP contribution >= 0.6 is 0 Å². The molecule has 6 amide bonds. The highest BCUT2D eigenvalue weighted by Crippen LogP contribution is 2.21. The fourth-order valence-corrected chi connectivity index (χ4v) is 3.18. The minimum Gasteiger partial charge on any atom is -0.336 e. The number of amides is 6. The molecule has 0 bridgehead atoms. The highest BCUT2D eigenvalue weighted by atomic mass is 16.2. The van der Waals surface area contributed by atoms with Crippen LogP contribution in [-0.2, 0) is 0 Å². The maximum absolute atomic E-state index is 12.2. The standard InChI is InChI=1S/C19H20N6O3/c26-17(22-13-1-5-15(6-2-13)24-11-9-20-18(24)27)23-14-3-7-16(8-4-14)25-12-10-21-19(25)28/h1-8H,9-12H2,(H,20,27)(H,21,28)(H2,22,23,26). The van der Waals surface area contributed by atoms with Crippen molar-refractivity contribution < 1.29 is 14.4 Å². The van der Waals surface area contributed by atoms with Gasteiger partial charge in [0.25, 0.3) is 0 Å². The van der Waals surface area contributed by atoms with Crippen molar-refractivity contribution in [2.45, 2.75) is 0 Å². The number of nitrogens with zero attached hydrogens (tertiary/aromatic N) is 2. The van der Waals surface area contributed by atoms with Crippen molar-refractivity contribution in [3.8, 4) is 0 Å². The van der Waals surface area contributed by atoms with Crippen LogP contribution in [0.2, 0.25) is 0 Å².